The average molecular weight is 525 g/mol. The number of nitrogens with one attached hydrogen (secondary N) is 1. The fourth-order valence-electron chi connectivity index (χ4n) is 3.59. The van der Waals surface area contributed by atoms with Crippen molar-refractivity contribution in [3.8, 4) is 0 Å². The highest BCUT2D eigenvalue weighted by Crippen LogP contribution is 2.14. The van der Waals surface area contributed by atoms with Crippen LogP contribution in [0.3, 0.4) is 0 Å². The highest BCUT2D eigenvalue weighted by molar-refractivity contribution is 14.0. The van der Waals surface area contributed by atoms with Gasteiger partial charge in [-0.25, -0.2) is 9.98 Å². The van der Waals surface area contributed by atoms with Crippen LogP contribution in [0, 0.1) is 0 Å². The molecule has 1 fully saturated rings. The zero-order valence-electron chi connectivity index (χ0n) is 16.2. The quantitative estimate of drug-likeness (QED) is 0.304. The minimum absolute atomic E-state index is 0. The number of piperidine rings is 1. The van der Waals surface area contributed by atoms with Crippen molar-refractivity contribution >= 4 is 47.2 Å². The monoisotopic (exact) mass is 524 g/mol. The topological polar surface area (TPSA) is 70.9 Å². The van der Waals surface area contributed by atoms with Crippen LogP contribution in [0.5, 0.6) is 0 Å². The third-order valence-corrected chi connectivity index (χ3v) is 5.29. The Morgan fingerprint density at radius 1 is 1.14 bits per heavy atom. The van der Waals surface area contributed by atoms with Crippen molar-refractivity contribution in [2.45, 2.75) is 32.0 Å². The number of fused-ring (bicyclic) bond motifs is 1. The van der Waals surface area contributed by atoms with Crippen molar-refractivity contribution in [2.24, 2.45) is 10.7 Å². The van der Waals surface area contributed by atoms with Gasteiger partial charge in [0, 0.05) is 38.1 Å². The van der Waals surface area contributed by atoms with E-state index >= 15 is 0 Å². The second kappa shape index (κ2) is 10.3. The molecular weight excluding hydrogens is 499 g/mol. The molecule has 0 unspecified atom stereocenters. The molecule has 29 heavy (non-hydrogen) atoms. The number of imidazole rings is 1. The number of rotatable bonds is 5. The maximum atomic E-state index is 6.10. The molecular formula is C21H26ClIN6. The van der Waals surface area contributed by atoms with Crippen LogP contribution in [0.15, 0.2) is 59.9 Å². The number of guanidine groups is 1. The Kier molecular flexibility index (Phi) is 7.74. The number of halogens is 2. The molecule has 6 nitrogen and oxygen atoms in total. The minimum atomic E-state index is 0. The maximum Gasteiger partial charge on any atom is 0.189 e. The van der Waals surface area contributed by atoms with Gasteiger partial charge in [-0.15, -0.1) is 24.0 Å². The molecule has 0 amide bonds. The van der Waals surface area contributed by atoms with Crippen LogP contribution in [0.1, 0.15) is 24.1 Å². The third kappa shape index (κ3) is 6.07. The van der Waals surface area contributed by atoms with Crippen molar-refractivity contribution in [3.63, 3.8) is 0 Å². The molecule has 0 aliphatic carbocycles. The summed E-state index contributed by atoms with van der Waals surface area (Å²) in [5.74, 6) is 0.483. The molecule has 4 rings (SSSR count). The summed E-state index contributed by atoms with van der Waals surface area (Å²) in [7, 11) is 0. The summed E-state index contributed by atoms with van der Waals surface area (Å²) in [4.78, 5) is 11.5. The Morgan fingerprint density at radius 2 is 1.90 bits per heavy atom. The molecule has 0 saturated carbocycles. The van der Waals surface area contributed by atoms with Gasteiger partial charge < -0.3 is 15.5 Å². The van der Waals surface area contributed by atoms with E-state index in [1.165, 1.54) is 5.56 Å². The Balaban J connectivity index is 0.00000240. The van der Waals surface area contributed by atoms with Gasteiger partial charge in [0.1, 0.15) is 5.65 Å². The van der Waals surface area contributed by atoms with E-state index in [-0.39, 0.29) is 24.0 Å². The van der Waals surface area contributed by atoms with Crippen molar-refractivity contribution in [2.75, 3.05) is 13.1 Å². The number of likely N-dealkylation sites (tertiary alicyclic amines) is 1. The number of aromatic nitrogens is 2. The molecule has 8 heteroatoms. The van der Waals surface area contributed by atoms with Crippen LogP contribution >= 0.6 is 35.6 Å². The number of hydrogen-bond donors (Lipinski definition) is 2. The largest absolute Gasteiger partial charge is 0.370 e. The smallest absolute Gasteiger partial charge is 0.189 e. The Labute approximate surface area is 193 Å². The van der Waals surface area contributed by atoms with Gasteiger partial charge in [-0.3, -0.25) is 4.90 Å². The van der Waals surface area contributed by atoms with E-state index in [0.717, 1.165) is 43.8 Å². The lowest BCUT2D eigenvalue weighted by Crippen LogP contribution is -2.46. The molecule has 3 heterocycles. The van der Waals surface area contributed by atoms with Gasteiger partial charge in [-0.05, 0) is 30.5 Å². The Morgan fingerprint density at radius 3 is 2.66 bits per heavy atom. The number of pyridine rings is 1. The molecule has 3 aromatic rings. The van der Waals surface area contributed by atoms with Crippen LogP contribution in [0.4, 0.5) is 0 Å². The van der Waals surface area contributed by atoms with E-state index in [4.69, 9.17) is 17.3 Å². The van der Waals surface area contributed by atoms with Crippen LogP contribution < -0.4 is 11.1 Å². The molecule has 154 valence electrons. The summed E-state index contributed by atoms with van der Waals surface area (Å²) in [6.45, 7) is 3.58. The first-order valence-electron chi connectivity index (χ1n) is 9.61. The van der Waals surface area contributed by atoms with Gasteiger partial charge in [0.25, 0.3) is 0 Å². The molecule has 3 N–H and O–H groups in total. The second-order valence-corrected chi connectivity index (χ2v) is 7.66. The summed E-state index contributed by atoms with van der Waals surface area (Å²) in [6.07, 6.45) is 5.90. The van der Waals surface area contributed by atoms with Crippen molar-refractivity contribution in [1.29, 1.82) is 0 Å². The fourth-order valence-corrected chi connectivity index (χ4v) is 3.76. The normalized spacial score (nSPS) is 16.0. The van der Waals surface area contributed by atoms with E-state index in [1.54, 1.807) is 0 Å². The van der Waals surface area contributed by atoms with Gasteiger partial charge in [0.2, 0.25) is 0 Å². The van der Waals surface area contributed by atoms with Crippen molar-refractivity contribution < 1.29 is 0 Å². The third-order valence-electron chi connectivity index (χ3n) is 5.06. The van der Waals surface area contributed by atoms with Gasteiger partial charge in [0.15, 0.2) is 5.96 Å². The van der Waals surface area contributed by atoms with E-state index < -0.39 is 0 Å². The fraction of sp³-hybridized carbons (Fsp3) is 0.333. The number of benzene rings is 1. The molecule has 0 radical (unpaired) electrons. The standard InChI is InChI=1S/C21H25ClN6.HI/c22-17-6-7-20-25-19(15-28(20)14-17)12-24-21(23)26-18-8-10-27(11-9-18)13-16-4-2-1-3-5-16;/h1-7,14-15,18H,8-13H2,(H3,23,24,26);1H. The van der Waals surface area contributed by atoms with Crippen LogP contribution in [0.25, 0.3) is 5.65 Å². The molecule has 1 aromatic carbocycles. The molecule has 1 saturated heterocycles. The van der Waals surface area contributed by atoms with Gasteiger partial charge in [-0.2, -0.15) is 0 Å². The minimum Gasteiger partial charge on any atom is -0.370 e. The lowest BCUT2D eigenvalue weighted by Gasteiger charge is -2.32. The second-order valence-electron chi connectivity index (χ2n) is 7.23. The van der Waals surface area contributed by atoms with Crippen LogP contribution in [-0.4, -0.2) is 39.4 Å². The van der Waals surface area contributed by atoms with Crippen LogP contribution in [-0.2, 0) is 13.1 Å². The molecule has 0 bridgehead atoms. The Bertz CT molecular complexity index is 950. The molecule has 1 aliphatic rings. The lowest BCUT2D eigenvalue weighted by atomic mass is 10.0. The first-order chi connectivity index (χ1) is 13.7. The van der Waals surface area contributed by atoms with E-state index in [1.807, 2.05) is 28.9 Å². The van der Waals surface area contributed by atoms with E-state index in [2.05, 4.69) is 50.5 Å². The van der Waals surface area contributed by atoms with Crippen molar-refractivity contribution in [1.82, 2.24) is 19.6 Å². The predicted octanol–water partition coefficient (Wildman–Crippen LogP) is 3.67. The zero-order chi connectivity index (χ0) is 19.3. The number of hydrogen-bond acceptors (Lipinski definition) is 3. The zero-order valence-corrected chi connectivity index (χ0v) is 19.3. The maximum absolute atomic E-state index is 6.10. The first kappa shape index (κ1) is 21.9. The predicted molar refractivity (Wildman–Crippen MR) is 129 cm³/mol. The van der Waals surface area contributed by atoms with Gasteiger partial charge >= 0.3 is 0 Å². The number of aliphatic imine (C=N–C) groups is 1. The summed E-state index contributed by atoms with van der Waals surface area (Å²) in [5.41, 5.74) is 9.18. The lowest BCUT2D eigenvalue weighted by molar-refractivity contribution is 0.199. The summed E-state index contributed by atoms with van der Waals surface area (Å²) in [5, 5.41) is 4.04. The molecule has 0 atom stereocenters. The van der Waals surface area contributed by atoms with E-state index in [0.29, 0.717) is 23.6 Å². The average Bonchev–Trinajstić information content (AvgIpc) is 3.11. The molecule has 1 aliphatic heterocycles. The summed E-state index contributed by atoms with van der Waals surface area (Å²) >= 11 is 6.01. The van der Waals surface area contributed by atoms with Crippen LogP contribution in [0.2, 0.25) is 5.02 Å². The van der Waals surface area contributed by atoms with Crippen molar-refractivity contribution in [3.05, 3.63) is 71.1 Å². The molecule has 0 spiro atoms. The summed E-state index contributed by atoms with van der Waals surface area (Å²) < 4.78 is 1.90. The Hall–Kier alpha value is -1.84. The highest BCUT2D eigenvalue weighted by atomic mass is 127. The SMILES string of the molecule is I.NC(=NCc1cn2cc(Cl)ccc2n1)NC1CCN(Cc2ccccc2)CC1. The number of nitrogens with two attached hydrogens (primary N) is 1. The van der Waals surface area contributed by atoms with E-state index in [9.17, 15) is 0 Å². The summed E-state index contributed by atoms with van der Waals surface area (Å²) in [6, 6.07) is 14.7. The highest BCUT2D eigenvalue weighted by Gasteiger charge is 2.19. The van der Waals surface area contributed by atoms with Gasteiger partial charge in [-0.1, -0.05) is 41.9 Å². The molecule has 2 aromatic heterocycles. The van der Waals surface area contributed by atoms with Gasteiger partial charge in [0.05, 0.1) is 17.3 Å². The number of nitrogens with zero attached hydrogens (tertiary/aromatic N) is 4. The first-order valence-corrected chi connectivity index (χ1v) is 9.99.